The van der Waals surface area contributed by atoms with Crippen molar-refractivity contribution in [2.24, 2.45) is 0 Å². The molecule has 0 atom stereocenters. The summed E-state index contributed by atoms with van der Waals surface area (Å²) in [5.74, 6) is 0.833. The van der Waals surface area contributed by atoms with Crippen LogP contribution in [0.4, 0.5) is 5.69 Å². The third-order valence-electron chi connectivity index (χ3n) is 4.77. The number of ether oxygens (including phenoxy) is 1. The largest absolute Gasteiger partial charge is 0.457 e. The van der Waals surface area contributed by atoms with E-state index in [0.717, 1.165) is 30.6 Å². The summed E-state index contributed by atoms with van der Waals surface area (Å²) in [5.41, 5.74) is 0.553. The van der Waals surface area contributed by atoms with Crippen molar-refractivity contribution < 1.29 is 17.9 Å². The van der Waals surface area contributed by atoms with Crippen LogP contribution in [-0.2, 0) is 10.0 Å². The lowest BCUT2D eigenvalue weighted by Gasteiger charge is -2.25. The Labute approximate surface area is 179 Å². The summed E-state index contributed by atoms with van der Waals surface area (Å²) in [6.07, 6.45) is 6.00. The quantitative estimate of drug-likeness (QED) is 0.611. The second-order valence-corrected chi connectivity index (χ2v) is 9.66. The predicted octanol–water partition coefficient (Wildman–Crippen LogP) is 4.36. The van der Waals surface area contributed by atoms with Crippen LogP contribution in [0.25, 0.3) is 0 Å². The highest BCUT2D eigenvalue weighted by molar-refractivity contribution is 7.89. The van der Waals surface area contributed by atoms with Gasteiger partial charge in [-0.1, -0.05) is 6.42 Å². The number of piperidine rings is 1. The molecule has 7 nitrogen and oxygen atoms in total. The van der Waals surface area contributed by atoms with Crippen molar-refractivity contribution in [1.82, 2.24) is 9.29 Å². The number of rotatable bonds is 6. The van der Waals surface area contributed by atoms with Gasteiger partial charge in [0.15, 0.2) is 0 Å². The number of aromatic nitrogens is 1. The third kappa shape index (κ3) is 4.53. The molecular weight excluding hydrogens is 422 g/mol. The fraction of sp³-hybridized carbons (Fsp3) is 0.238. The molecule has 0 radical (unpaired) electrons. The van der Waals surface area contributed by atoms with E-state index in [2.05, 4.69) is 10.3 Å². The van der Waals surface area contributed by atoms with Crippen molar-refractivity contribution in [2.75, 3.05) is 18.4 Å². The minimum atomic E-state index is -3.67. The molecule has 4 rings (SSSR count). The number of pyridine rings is 1. The highest BCUT2D eigenvalue weighted by Crippen LogP contribution is 2.28. The molecule has 0 aliphatic carbocycles. The zero-order valence-electron chi connectivity index (χ0n) is 16.2. The average Bonchev–Trinajstić information content (AvgIpc) is 3.28. The molecule has 1 aliphatic heterocycles. The number of hydrogen-bond donors (Lipinski definition) is 1. The molecule has 9 heteroatoms. The highest BCUT2D eigenvalue weighted by atomic mass is 32.2. The van der Waals surface area contributed by atoms with Crippen LogP contribution in [0.15, 0.2) is 65.1 Å². The van der Waals surface area contributed by atoms with E-state index in [1.165, 1.54) is 10.4 Å². The molecular formula is C21H21N3O4S2. The Morgan fingerprint density at radius 3 is 2.33 bits per heavy atom. The van der Waals surface area contributed by atoms with Gasteiger partial charge in [0.1, 0.15) is 21.3 Å². The summed E-state index contributed by atoms with van der Waals surface area (Å²) < 4.78 is 33.1. The molecule has 1 aromatic carbocycles. The van der Waals surface area contributed by atoms with Gasteiger partial charge in [-0.15, -0.1) is 11.3 Å². The van der Waals surface area contributed by atoms with Crippen LogP contribution in [0.5, 0.6) is 11.5 Å². The molecule has 0 bridgehead atoms. The van der Waals surface area contributed by atoms with Crippen LogP contribution in [0.3, 0.4) is 0 Å². The highest BCUT2D eigenvalue weighted by Gasteiger charge is 2.31. The van der Waals surface area contributed by atoms with Crippen molar-refractivity contribution in [1.29, 1.82) is 0 Å². The summed E-state index contributed by atoms with van der Waals surface area (Å²) in [6, 6.07) is 11.9. The van der Waals surface area contributed by atoms with E-state index in [1.54, 1.807) is 54.2 Å². The smallest absolute Gasteiger partial charge is 0.267 e. The maximum absolute atomic E-state index is 13.0. The van der Waals surface area contributed by atoms with Gasteiger partial charge in [-0.25, -0.2) is 8.42 Å². The van der Waals surface area contributed by atoms with Gasteiger partial charge in [0.2, 0.25) is 10.0 Å². The summed E-state index contributed by atoms with van der Waals surface area (Å²) in [7, 11) is -3.67. The topological polar surface area (TPSA) is 88.6 Å². The Hall–Kier alpha value is -2.75. The first-order valence-electron chi connectivity index (χ1n) is 9.61. The second kappa shape index (κ2) is 8.95. The number of nitrogens with one attached hydrogen (secondary N) is 1. The van der Waals surface area contributed by atoms with Gasteiger partial charge < -0.3 is 10.1 Å². The lowest BCUT2D eigenvalue weighted by molar-refractivity contribution is 0.102. The van der Waals surface area contributed by atoms with Crippen LogP contribution in [-0.4, -0.2) is 36.7 Å². The van der Waals surface area contributed by atoms with E-state index in [-0.39, 0.29) is 9.77 Å². The Morgan fingerprint density at radius 1 is 0.967 bits per heavy atom. The van der Waals surface area contributed by atoms with E-state index < -0.39 is 15.9 Å². The number of amides is 1. The summed E-state index contributed by atoms with van der Waals surface area (Å²) in [6.45, 7) is 0.996. The molecule has 2 aromatic heterocycles. The molecule has 1 N–H and O–H groups in total. The number of carbonyl (C=O) groups excluding carboxylic acids is 1. The van der Waals surface area contributed by atoms with Crippen molar-refractivity contribution in [3.8, 4) is 11.5 Å². The Kier molecular flexibility index (Phi) is 6.12. The van der Waals surface area contributed by atoms with E-state index in [9.17, 15) is 13.2 Å². The lowest BCUT2D eigenvalue weighted by atomic mass is 10.2. The van der Waals surface area contributed by atoms with Gasteiger partial charge >= 0.3 is 0 Å². The molecule has 1 saturated heterocycles. The van der Waals surface area contributed by atoms with Crippen LogP contribution in [0, 0.1) is 0 Å². The van der Waals surface area contributed by atoms with Gasteiger partial charge in [0, 0.05) is 31.2 Å². The first kappa shape index (κ1) is 20.5. The van der Waals surface area contributed by atoms with Crippen LogP contribution in [0.1, 0.15) is 28.9 Å². The molecule has 156 valence electrons. The number of anilines is 1. The minimum absolute atomic E-state index is 0.0736. The number of nitrogens with zero attached hydrogens (tertiary/aromatic N) is 2. The van der Waals surface area contributed by atoms with Crippen molar-refractivity contribution in [2.45, 2.75) is 24.2 Å². The van der Waals surface area contributed by atoms with E-state index >= 15 is 0 Å². The fourth-order valence-electron chi connectivity index (χ4n) is 3.25. The molecule has 0 spiro atoms. The average molecular weight is 444 g/mol. The number of benzene rings is 1. The van der Waals surface area contributed by atoms with Gasteiger partial charge in [-0.3, -0.25) is 9.78 Å². The van der Waals surface area contributed by atoms with Gasteiger partial charge in [-0.05, 0) is 60.7 Å². The predicted molar refractivity (Wildman–Crippen MR) is 116 cm³/mol. The van der Waals surface area contributed by atoms with Crippen molar-refractivity contribution in [3.05, 3.63) is 65.1 Å². The molecule has 30 heavy (non-hydrogen) atoms. The Bertz CT molecular complexity index is 1110. The van der Waals surface area contributed by atoms with E-state index in [1.807, 2.05) is 0 Å². The Balaban J connectivity index is 1.46. The molecule has 1 aliphatic rings. The summed E-state index contributed by atoms with van der Waals surface area (Å²) >= 11 is 1.12. The summed E-state index contributed by atoms with van der Waals surface area (Å²) in [4.78, 5) is 17.0. The third-order valence-corrected chi connectivity index (χ3v) is 7.75. The standard InChI is InChI=1S/C21H21N3O4S2/c25-21(20-19(10-15-29-20)30(26,27)24-13-2-1-3-14-24)23-16-4-6-17(7-5-16)28-18-8-11-22-12-9-18/h4-12,15H,1-3,13-14H2,(H,23,25). The zero-order chi connectivity index (χ0) is 21.0. The molecule has 0 unspecified atom stereocenters. The fourth-order valence-corrected chi connectivity index (χ4v) is 6.06. The SMILES string of the molecule is O=C(Nc1ccc(Oc2ccncc2)cc1)c1sccc1S(=O)(=O)N1CCCCC1. The van der Waals surface area contributed by atoms with Crippen LogP contribution in [0.2, 0.25) is 0 Å². The first-order chi connectivity index (χ1) is 14.5. The summed E-state index contributed by atoms with van der Waals surface area (Å²) in [5, 5.41) is 4.41. The van der Waals surface area contributed by atoms with Gasteiger partial charge in [-0.2, -0.15) is 4.31 Å². The molecule has 0 saturated carbocycles. The van der Waals surface area contributed by atoms with Gasteiger partial charge in [0.25, 0.3) is 5.91 Å². The minimum Gasteiger partial charge on any atom is -0.457 e. The number of hydrogen-bond acceptors (Lipinski definition) is 6. The number of thiophene rings is 1. The Morgan fingerprint density at radius 2 is 1.63 bits per heavy atom. The lowest BCUT2D eigenvalue weighted by Crippen LogP contribution is -2.36. The molecule has 1 amide bonds. The van der Waals surface area contributed by atoms with E-state index in [4.69, 9.17) is 4.74 Å². The van der Waals surface area contributed by atoms with Crippen molar-refractivity contribution >= 4 is 33.0 Å². The normalized spacial score (nSPS) is 14.9. The maximum atomic E-state index is 13.0. The molecule has 3 aromatic rings. The molecule has 1 fully saturated rings. The van der Waals surface area contributed by atoms with Gasteiger partial charge in [0.05, 0.1) is 0 Å². The monoisotopic (exact) mass is 443 g/mol. The second-order valence-electron chi connectivity index (χ2n) is 6.84. The maximum Gasteiger partial charge on any atom is 0.267 e. The number of carbonyl (C=O) groups is 1. The first-order valence-corrected chi connectivity index (χ1v) is 11.9. The number of sulfonamides is 1. The van der Waals surface area contributed by atoms with Crippen molar-refractivity contribution in [3.63, 3.8) is 0 Å². The molecule has 3 heterocycles. The van der Waals surface area contributed by atoms with E-state index in [0.29, 0.717) is 30.3 Å². The van der Waals surface area contributed by atoms with Crippen LogP contribution < -0.4 is 10.1 Å². The zero-order valence-corrected chi connectivity index (χ0v) is 17.8. The van der Waals surface area contributed by atoms with Crippen LogP contribution >= 0.6 is 11.3 Å².